The molecule has 5 heteroatoms. The van der Waals surface area contributed by atoms with E-state index in [2.05, 4.69) is 0 Å². The van der Waals surface area contributed by atoms with Crippen LogP contribution in [-0.2, 0) is 16.1 Å². The third kappa shape index (κ3) is 4.30. The van der Waals surface area contributed by atoms with Gasteiger partial charge in [-0.15, -0.1) is 11.8 Å². The first kappa shape index (κ1) is 20.2. The van der Waals surface area contributed by atoms with Crippen molar-refractivity contribution in [2.75, 3.05) is 5.75 Å². The Labute approximate surface area is 170 Å². The van der Waals surface area contributed by atoms with Crippen molar-refractivity contribution < 1.29 is 14.3 Å². The van der Waals surface area contributed by atoms with Gasteiger partial charge in [0.05, 0.1) is 23.1 Å². The number of benzene rings is 2. The molecular weight excluding hydrogens is 370 g/mol. The fraction of sp³-hybridized carbons (Fsp3) is 0.304. The van der Waals surface area contributed by atoms with Crippen molar-refractivity contribution in [1.29, 1.82) is 0 Å². The summed E-state index contributed by atoms with van der Waals surface area (Å²) in [5.41, 5.74) is 3.32. The molecule has 0 saturated carbocycles. The molecule has 0 aliphatic carbocycles. The number of carbonyl (C=O) groups excluding carboxylic acids is 2. The number of nitrogens with zero attached hydrogens (tertiary/aromatic N) is 1. The van der Waals surface area contributed by atoms with Crippen LogP contribution < -0.4 is 4.74 Å². The molecule has 4 nitrogen and oxygen atoms in total. The third-order valence-corrected chi connectivity index (χ3v) is 5.35. The van der Waals surface area contributed by atoms with E-state index < -0.39 is 0 Å². The topological polar surface area (TPSA) is 46.6 Å². The van der Waals surface area contributed by atoms with Gasteiger partial charge >= 0.3 is 0 Å². The Bertz CT molecular complexity index is 898. The van der Waals surface area contributed by atoms with Gasteiger partial charge in [0.15, 0.2) is 0 Å². The average Bonchev–Trinajstić information content (AvgIpc) is 2.89. The van der Waals surface area contributed by atoms with Crippen LogP contribution in [0.1, 0.15) is 37.5 Å². The molecule has 0 atom stereocenters. The van der Waals surface area contributed by atoms with Crippen LogP contribution in [0.4, 0.5) is 0 Å². The molecule has 0 fully saturated rings. The molecule has 0 unspecified atom stereocenters. The van der Waals surface area contributed by atoms with Gasteiger partial charge < -0.3 is 4.74 Å². The van der Waals surface area contributed by atoms with Gasteiger partial charge in [-0.2, -0.15) is 0 Å². The molecule has 3 rings (SSSR count). The number of ether oxygens (including phenoxy) is 1. The lowest BCUT2D eigenvalue weighted by Gasteiger charge is -2.15. The van der Waals surface area contributed by atoms with Crippen LogP contribution in [0.2, 0.25) is 0 Å². The highest BCUT2D eigenvalue weighted by atomic mass is 32.2. The number of hydrogen-bond donors (Lipinski definition) is 0. The summed E-state index contributed by atoms with van der Waals surface area (Å²) in [6, 6.07) is 15.3. The van der Waals surface area contributed by atoms with E-state index in [9.17, 15) is 9.59 Å². The van der Waals surface area contributed by atoms with Crippen molar-refractivity contribution in [2.45, 2.75) is 40.3 Å². The lowest BCUT2D eigenvalue weighted by Crippen LogP contribution is -2.30. The van der Waals surface area contributed by atoms with Crippen molar-refractivity contribution in [3.8, 4) is 5.75 Å². The summed E-state index contributed by atoms with van der Waals surface area (Å²) >= 11 is 1.42. The van der Waals surface area contributed by atoms with E-state index in [4.69, 9.17) is 4.74 Å². The van der Waals surface area contributed by atoms with Gasteiger partial charge in [0.1, 0.15) is 5.75 Å². The Morgan fingerprint density at radius 3 is 2.18 bits per heavy atom. The van der Waals surface area contributed by atoms with Crippen LogP contribution in [0.15, 0.2) is 53.4 Å². The Kier molecular flexibility index (Phi) is 6.25. The molecule has 0 bridgehead atoms. The van der Waals surface area contributed by atoms with Crippen molar-refractivity contribution in [2.24, 2.45) is 0 Å². The Hall–Kier alpha value is -2.53. The zero-order chi connectivity index (χ0) is 20.3. The van der Waals surface area contributed by atoms with E-state index in [0.29, 0.717) is 10.5 Å². The Balaban J connectivity index is 1.90. The van der Waals surface area contributed by atoms with Crippen molar-refractivity contribution >= 4 is 29.1 Å². The number of rotatable bonds is 7. The van der Waals surface area contributed by atoms with E-state index in [-0.39, 0.29) is 24.5 Å². The third-order valence-electron chi connectivity index (χ3n) is 4.39. The summed E-state index contributed by atoms with van der Waals surface area (Å²) in [6.45, 7) is 8.21. The fourth-order valence-corrected chi connectivity index (χ4v) is 3.95. The Morgan fingerprint density at radius 2 is 1.61 bits per heavy atom. The molecule has 1 aliphatic heterocycles. The van der Waals surface area contributed by atoms with Gasteiger partial charge in [-0.25, -0.2) is 0 Å². The summed E-state index contributed by atoms with van der Waals surface area (Å²) in [5, 5.41) is 0. The SMILES string of the molecule is CCSC1=C(c2ccc(OC(C)C)cc2)C(=O)N(Cc2ccc(C)cc2)C1=O. The summed E-state index contributed by atoms with van der Waals surface area (Å²) in [5.74, 6) is 1.02. The highest BCUT2D eigenvalue weighted by Gasteiger charge is 2.38. The zero-order valence-corrected chi connectivity index (χ0v) is 17.5. The molecule has 0 spiro atoms. The van der Waals surface area contributed by atoms with E-state index in [0.717, 1.165) is 28.2 Å². The van der Waals surface area contributed by atoms with Crippen LogP contribution >= 0.6 is 11.8 Å². The van der Waals surface area contributed by atoms with E-state index in [1.165, 1.54) is 16.7 Å². The van der Waals surface area contributed by atoms with Crippen molar-refractivity contribution in [3.05, 3.63) is 70.1 Å². The first-order valence-corrected chi connectivity index (χ1v) is 10.4. The van der Waals surface area contributed by atoms with Crippen LogP contribution in [0.25, 0.3) is 5.57 Å². The fourth-order valence-electron chi connectivity index (χ4n) is 3.08. The number of carbonyl (C=O) groups is 2. The maximum absolute atomic E-state index is 13.1. The molecule has 0 aromatic heterocycles. The van der Waals surface area contributed by atoms with Crippen LogP contribution in [0.5, 0.6) is 5.75 Å². The molecule has 0 saturated heterocycles. The second-order valence-corrected chi connectivity index (χ2v) is 8.28. The summed E-state index contributed by atoms with van der Waals surface area (Å²) in [7, 11) is 0. The summed E-state index contributed by atoms with van der Waals surface area (Å²) in [6.07, 6.45) is 0.0796. The molecule has 0 N–H and O–H groups in total. The van der Waals surface area contributed by atoms with Crippen LogP contribution in [-0.4, -0.2) is 28.6 Å². The first-order valence-electron chi connectivity index (χ1n) is 9.46. The average molecular weight is 396 g/mol. The number of imide groups is 1. The smallest absolute Gasteiger partial charge is 0.268 e. The lowest BCUT2D eigenvalue weighted by atomic mass is 10.1. The van der Waals surface area contributed by atoms with Gasteiger partial charge in [-0.05, 0) is 49.8 Å². The second kappa shape index (κ2) is 8.65. The van der Waals surface area contributed by atoms with Crippen molar-refractivity contribution in [1.82, 2.24) is 4.90 Å². The van der Waals surface area contributed by atoms with Crippen LogP contribution in [0.3, 0.4) is 0 Å². The predicted octanol–water partition coefficient (Wildman–Crippen LogP) is 4.82. The summed E-state index contributed by atoms with van der Waals surface area (Å²) in [4.78, 5) is 28.0. The standard InChI is InChI=1S/C23H25NO3S/c1-5-28-21-20(18-10-12-19(13-11-18)27-15(2)3)22(25)24(23(21)26)14-17-8-6-16(4)7-9-17/h6-13,15H,5,14H2,1-4H3. The zero-order valence-electron chi connectivity index (χ0n) is 16.7. The van der Waals surface area contributed by atoms with Crippen LogP contribution in [0, 0.1) is 6.92 Å². The molecule has 2 amide bonds. The van der Waals surface area contributed by atoms with Gasteiger partial charge in [-0.3, -0.25) is 14.5 Å². The molecule has 146 valence electrons. The predicted molar refractivity (Wildman–Crippen MR) is 114 cm³/mol. The number of thioether (sulfide) groups is 1. The molecule has 2 aromatic carbocycles. The minimum absolute atomic E-state index is 0.0796. The van der Waals surface area contributed by atoms with E-state index in [1.54, 1.807) is 0 Å². The highest BCUT2D eigenvalue weighted by Crippen LogP contribution is 2.37. The molecule has 28 heavy (non-hydrogen) atoms. The van der Waals surface area contributed by atoms with E-state index >= 15 is 0 Å². The molecule has 2 aromatic rings. The first-order chi connectivity index (χ1) is 13.4. The molecule has 0 radical (unpaired) electrons. The quantitative estimate of drug-likeness (QED) is 0.631. The maximum Gasteiger partial charge on any atom is 0.268 e. The lowest BCUT2D eigenvalue weighted by molar-refractivity contribution is -0.137. The van der Waals surface area contributed by atoms with E-state index in [1.807, 2.05) is 76.2 Å². The Morgan fingerprint density at radius 1 is 0.964 bits per heavy atom. The number of hydrogen-bond acceptors (Lipinski definition) is 4. The molecule has 1 aliphatic rings. The minimum Gasteiger partial charge on any atom is -0.491 e. The normalized spacial score (nSPS) is 14.4. The maximum atomic E-state index is 13.1. The monoisotopic (exact) mass is 395 g/mol. The second-order valence-electron chi connectivity index (χ2n) is 7.01. The van der Waals surface area contributed by atoms with Gasteiger partial charge in [-0.1, -0.05) is 48.9 Å². The van der Waals surface area contributed by atoms with Crippen molar-refractivity contribution in [3.63, 3.8) is 0 Å². The summed E-state index contributed by atoms with van der Waals surface area (Å²) < 4.78 is 5.68. The molecular formula is C23H25NO3S. The molecule has 1 heterocycles. The number of amides is 2. The number of aryl methyl sites for hydroxylation is 1. The largest absolute Gasteiger partial charge is 0.491 e. The highest BCUT2D eigenvalue weighted by molar-refractivity contribution is 8.04. The minimum atomic E-state index is -0.237. The van der Waals surface area contributed by atoms with Gasteiger partial charge in [0, 0.05) is 0 Å². The van der Waals surface area contributed by atoms with Gasteiger partial charge in [0.25, 0.3) is 11.8 Å². The van der Waals surface area contributed by atoms with Gasteiger partial charge in [0.2, 0.25) is 0 Å².